The molecule has 4 N–H and O–H groups in total. The first-order valence-corrected chi connectivity index (χ1v) is 11.3. The summed E-state index contributed by atoms with van der Waals surface area (Å²) >= 11 is 0. The Balaban J connectivity index is 1.38. The summed E-state index contributed by atoms with van der Waals surface area (Å²) in [5.74, 6) is 2.20. The van der Waals surface area contributed by atoms with Crippen LogP contribution >= 0.6 is 0 Å². The molecule has 2 aromatic carbocycles. The fourth-order valence-corrected chi connectivity index (χ4v) is 6.53. The highest BCUT2D eigenvalue weighted by Crippen LogP contribution is 2.59. The number of hydrogen-bond acceptors (Lipinski definition) is 5. The molecule has 0 amide bonds. The van der Waals surface area contributed by atoms with E-state index in [-0.39, 0.29) is 5.41 Å². The predicted molar refractivity (Wildman–Crippen MR) is 121 cm³/mol. The quantitative estimate of drug-likeness (QED) is 0.415. The molecule has 31 heavy (non-hydrogen) atoms. The van der Waals surface area contributed by atoms with Gasteiger partial charge in [-0.25, -0.2) is 4.79 Å². The Labute approximate surface area is 183 Å². The summed E-state index contributed by atoms with van der Waals surface area (Å²) in [5, 5.41) is 0. The number of anilines is 2. The second-order valence-electron chi connectivity index (χ2n) is 9.87. The van der Waals surface area contributed by atoms with E-state index in [1.165, 1.54) is 11.1 Å². The summed E-state index contributed by atoms with van der Waals surface area (Å²) in [7, 11) is 0. The average molecular weight is 419 g/mol. The topological polar surface area (TPSA) is 95.4 Å². The number of fused-ring (bicyclic) bond motifs is 5. The number of Topliss-reactive ketones (excluding diaryl/α,β-unsaturated/α-hetero) is 1. The van der Waals surface area contributed by atoms with Crippen molar-refractivity contribution >= 4 is 23.1 Å². The molecule has 5 nitrogen and oxygen atoms in total. The molecule has 0 aromatic heterocycles. The van der Waals surface area contributed by atoms with Gasteiger partial charge in [-0.1, -0.05) is 13.0 Å². The van der Waals surface area contributed by atoms with Crippen molar-refractivity contribution in [2.24, 2.45) is 17.3 Å². The first-order chi connectivity index (χ1) is 14.8. The molecule has 0 aliphatic heterocycles. The fourth-order valence-electron chi connectivity index (χ4n) is 6.53. The van der Waals surface area contributed by atoms with E-state index >= 15 is 0 Å². The number of carbonyl (C=O) groups excluding carboxylic acids is 2. The number of ether oxygens (including phenoxy) is 1. The van der Waals surface area contributed by atoms with Crippen molar-refractivity contribution in [1.82, 2.24) is 0 Å². The fraction of sp³-hybridized carbons (Fsp3) is 0.462. The van der Waals surface area contributed by atoms with Crippen LogP contribution in [0.4, 0.5) is 11.4 Å². The van der Waals surface area contributed by atoms with Gasteiger partial charge in [0.2, 0.25) is 0 Å². The van der Waals surface area contributed by atoms with Crippen LogP contribution in [0.25, 0.3) is 0 Å². The maximum absolute atomic E-state index is 12.8. The van der Waals surface area contributed by atoms with Crippen LogP contribution in [0, 0.1) is 24.2 Å². The van der Waals surface area contributed by atoms with Gasteiger partial charge in [-0.2, -0.15) is 0 Å². The number of rotatable bonds is 2. The maximum Gasteiger partial charge on any atom is 0.343 e. The minimum absolute atomic E-state index is 0.106. The second kappa shape index (κ2) is 7.11. The minimum Gasteiger partial charge on any atom is -0.423 e. The first kappa shape index (κ1) is 20.1. The molecule has 3 aliphatic rings. The number of carbonyl (C=O) groups is 2. The van der Waals surface area contributed by atoms with Gasteiger partial charge in [-0.15, -0.1) is 0 Å². The first-order valence-electron chi connectivity index (χ1n) is 11.3. The Morgan fingerprint density at radius 2 is 1.90 bits per heavy atom. The van der Waals surface area contributed by atoms with E-state index in [0.717, 1.165) is 38.5 Å². The number of benzene rings is 2. The highest BCUT2D eigenvalue weighted by Gasteiger charge is 2.54. The van der Waals surface area contributed by atoms with E-state index in [2.05, 4.69) is 13.0 Å². The zero-order valence-electron chi connectivity index (χ0n) is 18.2. The lowest BCUT2D eigenvalue weighted by Gasteiger charge is -2.48. The summed E-state index contributed by atoms with van der Waals surface area (Å²) in [5.41, 5.74) is 16.4. The number of nitrogen functional groups attached to an aromatic ring is 2. The Bertz CT molecular complexity index is 1090. The molecule has 0 saturated heterocycles. The van der Waals surface area contributed by atoms with Gasteiger partial charge in [-0.05, 0) is 97.7 Å². The van der Waals surface area contributed by atoms with E-state index in [0.29, 0.717) is 51.8 Å². The van der Waals surface area contributed by atoms with Gasteiger partial charge in [-0.3, -0.25) is 4.79 Å². The highest BCUT2D eigenvalue weighted by molar-refractivity contribution is 5.95. The van der Waals surface area contributed by atoms with Crippen molar-refractivity contribution in [1.29, 1.82) is 0 Å². The molecular formula is C26H30N2O3. The Morgan fingerprint density at radius 1 is 1.10 bits per heavy atom. The zero-order chi connectivity index (χ0) is 21.9. The van der Waals surface area contributed by atoms with Crippen LogP contribution in [0.5, 0.6) is 5.75 Å². The Hall–Kier alpha value is -2.82. The van der Waals surface area contributed by atoms with Crippen LogP contribution in [0.15, 0.2) is 30.3 Å². The van der Waals surface area contributed by atoms with Crippen LogP contribution in [0.1, 0.15) is 72.0 Å². The van der Waals surface area contributed by atoms with Crippen LogP contribution < -0.4 is 16.2 Å². The number of nitrogens with two attached hydrogens (primary N) is 2. The Morgan fingerprint density at radius 3 is 2.71 bits per heavy atom. The molecule has 0 bridgehead atoms. The monoisotopic (exact) mass is 418 g/mol. The van der Waals surface area contributed by atoms with E-state index in [4.69, 9.17) is 16.2 Å². The van der Waals surface area contributed by atoms with Gasteiger partial charge >= 0.3 is 5.97 Å². The molecule has 3 aliphatic carbocycles. The van der Waals surface area contributed by atoms with Crippen LogP contribution in [-0.4, -0.2) is 11.8 Å². The largest absolute Gasteiger partial charge is 0.423 e. The van der Waals surface area contributed by atoms with Crippen LogP contribution in [0.2, 0.25) is 0 Å². The van der Waals surface area contributed by atoms with Crippen molar-refractivity contribution in [2.45, 2.75) is 58.3 Å². The molecule has 2 aromatic rings. The van der Waals surface area contributed by atoms with Crippen molar-refractivity contribution in [3.05, 3.63) is 52.6 Å². The summed E-state index contributed by atoms with van der Waals surface area (Å²) in [6.45, 7) is 4.00. The third-order valence-corrected chi connectivity index (χ3v) is 8.31. The molecule has 4 atom stereocenters. The predicted octanol–water partition coefficient (Wildman–Crippen LogP) is 4.80. The molecular weight excluding hydrogens is 388 g/mol. The van der Waals surface area contributed by atoms with E-state index in [9.17, 15) is 9.59 Å². The SMILES string of the molecule is Cc1c(N)cc(N)cc1C(=O)Oc1ccc2c(c1)CCC1C2CCC2(C)C(=O)CCC12. The maximum atomic E-state index is 12.8. The molecule has 162 valence electrons. The normalized spacial score (nSPS) is 29.1. The van der Waals surface area contributed by atoms with E-state index in [1.807, 2.05) is 12.1 Å². The van der Waals surface area contributed by atoms with E-state index < -0.39 is 5.97 Å². The Kier molecular flexibility index (Phi) is 4.61. The lowest BCUT2D eigenvalue weighted by atomic mass is 9.55. The molecule has 0 heterocycles. The summed E-state index contributed by atoms with van der Waals surface area (Å²) in [6.07, 6.45) is 5.92. The minimum atomic E-state index is -0.442. The van der Waals surface area contributed by atoms with Crippen molar-refractivity contribution in [2.75, 3.05) is 11.5 Å². The molecule has 5 rings (SSSR count). The van der Waals surface area contributed by atoms with E-state index in [1.54, 1.807) is 19.1 Å². The molecule has 4 unspecified atom stereocenters. The van der Waals surface area contributed by atoms with Crippen molar-refractivity contribution in [3.63, 3.8) is 0 Å². The second-order valence-corrected chi connectivity index (χ2v) is 9.87. The van der Waals surface area contributed by atoms with Gasteiger partial charge < -0.3 is 16.2 Å². The van der Waals surface area contributed by atoms with Crippen LogP contribution in [0.3, 0.4) is 0 Å². The average Bonchev–Trinajstić information content (AvgIpc) is 3.05. The number of hydrogen-bond donors (Lipinski definition) is 2. The van der Waals surface area contributed by atoms with Crippen molar-refractivity contribution in [3.8, 4) is 5.75 Å². The third-order valence-electron chi connectivity index (χ3n) is 8.31. The van der Waals surface area contributed by atoms with Gasteiger partial charge in [0.15, 0.2) is 0 Å². The standard InChI is InChI=1S/C26H30N2O3/c1-14-21(12-16(27)13-23(14)28)25(30)31-17-4-6-18-15(11-17)3-5-20-19(18)9-10-26(2)22(20)7-8-24(26)29/h4,6,11-13,19-20,22H,3,5,7-10,27-28H2,1-2H3. The number of aryl methyl sites for hydroxylation is 1. The molecule has 2 saturated carbocycles. The molecule has 0 spiro atoms. The molecule has 2 fully saturated rings. The lowest BCUT2D eigenvalue weighted by molar-refractivity contribution is -0.129. The van der Waals surface area contributed by atoms with Crippen LogP contribution in [-0.2, 0) is 11.2 Å². The summed E-state index contributed by atoms with van der Waals surface area (Å²) in [4.78, 5) is 25.3. The van der Waals surface area contributed by atoms with Gasteiger partial charge in [0.05, 0.1) is 5.56 Å². The highest BCUT2D eigenvalue weighted by atomic mass is 16.5. The van der Waals surface area contributed by atoms with Gasteiger partial charge in [0, 0.05) is 23.2 Å². The zero-order valence-corrected chi connectivity index (χ0v) is 18.2. The smallest absolute Gasteiger partial charge is 0.343 e. The van der Waals surface area contributed by atoms with Gasteiger partial charge in [0.25, 0.3) is 0 Å². The lowest BCUT2D eigenvalue weighted by Crippen LogP contribution is -2.42. The summed E-state index contributed by atoms with van der Waals surface area (Å²) < 4.78 is 5.70. The molecule has 5 heteroatoms. The van der Waals surface area contributed by atoms with Gasteiger partial charge in [0.1, 0.15) is 11.5 Å². The number of esters is 1. The molecule has 0 radical (unpaired) electrons. The summed E-state index contributed by atoms with van der Waals surface area (Å²) in [6, 6.07) is 9.31. The van der Waals surface area contributed by atoms with Crippen molar-refractivity contribution < 1.29 is 14.3 Å². The number of ketones is 1. The third kappa shape index (κ3) is 3.13.